The van der Waals surface area contributed by atoms with Crippen LogP contribution in [0.2, 0.25) is 0 Å². The second-order valence-electron chi connectivity index (χ2n) is 5.61. The third kappa shape index (κ3) is 2.18. The van der Waals surface area contributed by atoms with Crippen LogP contribution in [0.15, 0.2) is 53.3 Å². The minimum absolute atomic E-state index is 0.158. The van der Waals surface area contributed by atoms with Crippen LogP contribution in [0.5, 0.6) is 0 Å². The maximum Gasteiger partial charge on any atom is 0.281 e. The molecule has 2 aromatic heterocycles. The van der Waals surface area contributed by atoms with Crippen molar-refractivity contribution >= 4 is 27.2 Å². The standard InChI is InChI=1S/C19H16N2OS/c1-3-13-8-10-14(11-9-13)17-12(2)23-19-20-18(22)15-6-4-5-7-16(15)21(17)19/h4-11H,3H2,1-2H3. The molecule has 0 aliphatic rings. The highest BCUT2D eigenvalue weighted by atomic mass is 32.1. The van der Waals surface area contributed by atoms with Gasteiger partial charge in [0.05, 0.1) is 16.6 Å². The Hall–Kier alpha value is -2.46. The summed E-state index contributed by atoms with van der Waals surface area (Å²) in [6.45, 7) is 4.24. The molecule has 0 unspecified atom stereocenters. The molecular formula is C19H16N2OS. The van der Waals surface area contributed by atoms with Crippen molar-refractivity contribution in [2.75, 3.05) is 0 Å². The number of para-hydroxylation sites is 1. The minimum atomic E-state index is -0.158. The fraction of sp³-hybridized carbons (Fsp3) is 0.158. The molecule has 4 aromatic rings. The van der Waals surface area contributed by atoms with E-state index in [9.17, 15) is 4.79 Å². The van der Waals surface area contributed by atoms with Crippen LogP contribution in [0.4, 0.5) is 0 Å². The molecule has 4 rings (SSSR count). The molecule has 0 fully saturated rings. The van der Waals surface area contributed by atoms with Gasteiger partial charge in [-0.3, -0.25) is 9.20 Å². The van der Waals surface area contributed by atoms with E-state index in [2.05, 4.69) is 47.5 Å². The lowest BCUT2D eigenvalue weighted by atomic mass is 10.1. The summed E-state index contributed by atoms with van der Waals surface area (Å²) in [5.41, 5.74) is 4.36. The topological polar surface area (TPSA) is 34.4 Å². The highest BCUT2D eigenvalue weighted by Crippen LogP contribution is 2.32. The average Bonchev–Trinajstić information content (AvgIpc) is 2.91. The van der Waals surface area contributed by atoms with Crippen LogP contribution in [0.1, 0.15) is 17.4 Å². The fourth-order valence-electron chi connectivity index (χ4n) is 3.01. The smallest absolute Gasteiger partial charge is 0.281 e. The summed E-state index contributed by atoms with van der Waals surface area (Å²) in [5.74, 6) is 0. The van der Waals surface area contributed by atoms with Crippen molar-refractivity contribution in [1.82, 2.24) is 9.38 Å². The lowest BCUT2D eigenvalue weighted by molar-refractivity contribution is 1.14. The molecule has 0 saturated carbocycles. The molecular weight excluding hydrogens is 304 g/mol. The number of thiazole rings is 1. The molecule has 114 valence electrons. The van der Waals surface area contributed by atoms with Crippen molar-refractivity contribution in [3.8, 4) is 11.3 Å². The van der Waals surface area contributed by atoms with Crippen LogP contribution in [0.3, 0.4) is 0 Å². The second kappa shape index (κ2) is 5.32. The summed E-state index contributed by atoms with van der Waals surface area (Å²) in [7, 11) is 0. The van der Waals surface area contributed by atoms with E-state index in [-0.39, 0.29) is 5.56 Å². The first-order valence-electron chi connectivity index (χ1n) is 7.69. The number of hydrogen-bond acceptors (Lipinski definition) is 3. The van der Waals surface area contributed by atoms with Crippen molar-refractivity contribution in [2.24, 2.45) is 0 Å². The second-order valence-corrected chi connectivity index (χ2v) is 6.79. The van der Waals surface area contributed by atoms with Gasteiger partial charge in [-0.1, -0.05) is 43.3 Å². The molecule has 0 spiro atoms. The number of rotatable bonds is 2. The van der Waals surface area contributed by atoms with Crippen LogP contribution in [-0.4, -0.2) is 9.38 Å². The third-order valence-corrected chi connectivity index (χ3v) is 5.16. The first-order chi connectivity index (χ1) is 11.2. The quantitative estimate of drug-likeness (QED) is 0.547. The molecule has 0 radical (unpaired) electrons. The molecule has 23 heavy (non-hydrogen) atoms. The molecule has 0 N–H and O–H groups in total. The molecule has 3 nitrogen and oxygen atoms in total. The van der Waals surface area contributed by atoms with Gasteiger partial charge in [0.15, 0.2) is 4.96 Å². The van der Waals surface area contributed by atoms with Gasteiger partial charge in [0, 0.05) is 4.88 Å². The largest absolute Gasteiger partial charge is 0.284 e. The maximum absolute atomic E-state index is 12.2. The van der Waals surface area contributed by atoms with Gasteiger partial charge in [-0.25, -0.2) is 0 Å². The molecule has 0 aliphatic carbocycles. The highest BCUT2D eigenvalue weighted by Gasteiger charge is 2.15. The number of hydrogen-bond donors (Lipinski definition) is 0. The van der Waals surface area contributed by atoms with E-state index in [1.54, 1.807) is 11.3 Å². The number of aryl methyl sites for hydroxylation is 2. The first kappa shape index (κ1) is 14.2. The fourth-order valence-corrected chi connectivity index (χ4v) is 4.00. The lowest BCUT2D eigenvalue weighted by Crippen LogP contribution is -2.09. The predicted octanol–water partition coefficient (Wildman–Crippen LogP) is 4.45. The zero-order valence-electron chi connectivity index (χ0n) is 13.0. The van der Waals surface area contributed by atoms with Crippen molar-refractivity contribution in [2.45, 2.75) is 20.3 Å². The molecule has 0 saturated heterocycles. The molecule has 2 heterocycles. The SMILES string of the molecule is CCc1ccc(-c2c(C)sc3nc(=O)c4ccccc4n23)cc1. The Morgan fingerprint density at radius 2 is 1.83 bits per heavy atom. The van der Waals surface area contributed by atoms with Crippen molar-refractivity contribution < 1.29 is 0 Å². The Morgan fingerprint density at radius 3 is 2.57 bits per heavy atom. The summed E-state index contributed by atoms with van der Waals surface area (Å²) < 4.78 is 2.11. The number of nitrogens with zero attached hydrogens (tertiary/aromatic N) is 2. The summed E-state index contributed by atoms with van der Waals surface area (Å²) in [4.78, 5) is 18.4. The van der Waals surface area contributed by atoms with E-state index in [0.717, 1.165) is 33.0 Å². The van der Waals surface area contributed by atoms with Crippen molar-refractivity contribution in [3.63, 3.8) is 0 Å². The van der Waals surface area contributed by atoms with Crippen LogP contribution in [-0.2, 0) is 6.42 Å². The van der Waals surface area contributed by atoms with E-state index in [4.69, 9.17) is 0 Å². The molecule has 0 atom stereocenters. The van der Waals surface area contributed by atoms with Gasteiger partial charge in [-0.05, 0) is 36.6 Å². The number of aromatic nitrogens is 2. The predicted molar refractivity (Wildman–Crippen MR) is 96.4 cm³/mol. The highest BCUT2D eigenvalue weighted by molar-refractivity contribution is 7.17. The summed E-state index contributed by atoms with van der Waals surface area (Å²) in [6.07, 6.45) is 1.03. The Labute approximate surface area is 137 Å². The molecule has 0 amide bonds. The van der Waals surface area contributed by atoms with E-state index in [0.29, 0.717) is 5.39 Å². The van der Waals surface area contributed by atoms with Gasteiger partial charge in [0.1, 0.15) is 0 Å². The molecule has 4 heteroatoms. The summed E-state index contributed by atoms with van der Waals surface area (Å²) in [5, 5.41) is 0.661. The molecule has 2 aromatic carbocycles. The lowest BCUT2D eigenvalue weighted by Gasteiger charge is -2.08. The Kier molecular flexibility index (Phi) is 3.27. The van der Waals surface area contributed by atoms with Gasteiger partial charge in [-0.15, -0.1) is 11.3 Å². The number of benzene rings is 2. The van der Waals surface area contributed by atoms with Gasteiger partial charge in [0.25, 0.3) is 5.56 Å². The van der Waals surface area contributed by atoms with Gasteiger partial charge >= 0.3 is 0 Å². The monoisotopic (exact) mass is 320 g/mol. The number of fused-ring (bicyclic) bond motifs is 3. The Bertz CT molecular complexity index is 1070. The van der Waals surface area contributed by atoms with Crippen LogP contribution in [0.25, 0.3) is 27.1 Å². The van der Waals surface area contributed by atoms with Gasteiger partial charge in [0.2, 0.25) is 0 Å². The van der Waals surface area contributed by atoms with Gasteiger partial charge in [-0.2, -0.15) is 4.98 Å². The zero-order chi connectivity index (χ0) is 16.0. The van der Waals surface area contributed by atoms with Crippen LogP contribution in [0, 0.1) is 6.92 Å². The van der Waals surface area contributed by atoms with E-state index in [1.165, 1.54) is 5.56 Å². The Morgan fingerprint density at radius 1 is 1.09 bits per heavy atom. The average molecular weight is 320 g/mol. The summed E-state index contributed by atoms with van der Waals surface area (Å²) >= 11 is 1.56. The third-order valence-electron chi connectivity index (χ3n) is 4.20. The Balaban J connectivity index is 2.12. The van der Waals surface area contributed by atoms with Crippen LogP contribution >= 0.6 is 11.3 Å². The van der Waals surface area contributed by atoms with Crippen molar-refractivity contribution in [3.05, 3.63) is 69.3 Å². The first-order valence-corrected chi connectivity index (χ1v) is 8.51. The van der Waals surface area contributed by atoms with E-state index < -0.39 is 0 Å². The summed E-state index contributed by atoms with van der Waals surface area (Å²) in [6, 6.07) is 16.3. The van der Waals surface area contributed by atoms with E-state index >= 15 is 0 Å². The van der Waals surface area contributed by atoms with Crippen molar-refractivity contribution in [1.29, 1.82) is 0 Å². The molecule has 0 bridgehead atoms. The van der Waals surface area contributed by atoms with Crippen LogP contribution < -0.4 is 5.56 Å². The normalized spacial score (nSPS) is 11.4. The van der Waals surface area contributed by atoms with E-state index in [1.807, 2.05) is 24.3 Å². The van der Waals surface area contributed by atoms with Gasteiger partial charge < -0.3 is 0 Å². The minimum Gasteiger partial charge on any atom is -0.284 e. The molecule has 0 aliphatic heterocycles. The zero-order valence-corrected chi connectivity index (χ0v) is 13.9. The maximum atomic E-state index is 12.2.